The molecule has 0 fully saturated rings. The van der Waals surface area contributed by atoms with Gasteiger partial charge in [-0.05, 0) is 23.3 Å². The Kier molecular flexibility index (Phi) is 3.09. The minimum Gasteiger partial charge on any atom is -0.393 e. The Hall–Kier alpha value is -1.04. The highest BCUT2D eigenvalue weighted by Crippen LogP contribution is 1.98. The first-order valence-electron chi connectivity index (χ1n) is 3.69. The molecule has 0 spiro atoms. The maximum Gasteiger partial charge on any atom is 0.150 e. The van der Waals surface area contributed by atoms with Crippen molar-refractivity contribution < 1.29 is 0 Å². The van der Waals surface area contributed by atoms with Crippen LogP contribution in [-0.2, 0) is 13.5 Å². The van der Waals surface area contributed by atoms with Crippen molar-refractivity contribution in [3.8, 4) is 0 Å². The average Bonchev–Trinajstić information content (AvgIpc) is 2.36. The van der Waals surface area contributed by atoms with Crippen molar-refractivity contribution in [1.29, 1.82) is 0 Å². The van der Waals surface area contributed by atoms with Crippen LogP contribution in [-0.4, -0.2) is 25.2 Å². The van der Waals surface area contributed by atoms with Gasteiger partial charge in [0.05, 0.1) is 4.99 Å². The zero-order valence-corrected chi connectivity index (χ0v) is 7.71. The summed E-state index contributed by atoms with van der Waals surface area (Å²) in [6.45, 7) is 0. The molecule has 0 amide bonds. The quantitative estimate of drug-likeness (QED) is 0.659. The molecule has 0 aliphatic rings. The summed E-state index contributed by atoms with van der Waals surface area (Å²) < 4.78 is 1.65. The zero-order valence-electron chi connectivity index (χ0n) is 6.90. The molecule has 0 saturated carbocycles. The minimum absolute atomic E-state index is 0.546. The molecule has 66 valence electrons. The van der Waals surface area contributed by atoms with E-state index < -0.39 is 0 Å². The van der Waals surface area contributed by atoms with Crippen molar-refractivity contribution in [2.24, 2.45) is 12.8 Å². The Morgan fingerprint density at radius 2 is 2.42 bits per heavy atom. The van der Waals surface area contributed by atoms with Crippen molar-refractivity contribution in [3.63, 3.8) is 0 Å². The SMILES string of the molecule is Cn1nnnc1CCCC(N)=S. The monoisotopic (exact) mass is 185 g/mol. The Balaban J connectivity index is 2.33. The van der Waals surface area contributed by atoms with Gasteiger partial charge in [-0.25, -0.2) is 4.68 Å². The first-order chi connectivity index (χ1) is 5.70. The number of rotatable bonds is 4. The highest BCUT2D eigenvalue weighted by atomic mass is 32.1. The maximum absolute atomic E-state index is 5.34. The zero-order chi connectivity index (χ0) is 8.97. The fourth-order valence-electron chi connectivity index (χ4n) is 0.881. The average molecular weight is 185 g/mol. The summed E-state index contributed by atoms with van der Waals surface area (Å²) in [4.78, 5) is 0.546. The number of aromatic nitrogens is 4. The fourth-order valence-corrected chi connectivity index (χ4v) is 1.02. The third-order valence-electron chi connectivity index (χ3n) is 1.53. The largest absolute Gasteiger partial charge is 0.393 e. The summed E-state index contributed by atoms with van der Waals surface area (Å²) >= 11 is 4.74. The van der Waals surface area contributed by atoms with Gasteiger partial charge in [0, 0.05) is 13.5 Å². The van der Waals surface area contributed by atoms with Crippen LogP contribution in [0.4, 0.5) is 0 Å². The lowest BCUT2D eigenvalue weighted by molar-refractivity contribution is 0.663. The molecule has 1 aromatic heterocycles. The molecular formula is C6H11N5S. The van der Waals surface area contributed by atoms with Crippen molar-refractivity contribution in [3.05, 3.63) is 5.82 Å². The van der Waals surface area contributed by atoms with Crippen molar-refractivity contribution >= 4 is 17.2 Å². The van der Waals surface area contributed by atoms with E-state index >= 15 is 0 Å². The van der Waals surface area contributed by atoms with Crippen LogP contribution in [0.2, 0.25) is 0 Å². The molecule has 0 aromatic carbocycles. The van der Waals surface area contributed by atoms with E-state index in [-0.39, 0.29) is 0 Å². The molecule has 0 aliphatic carbocycles. The molecule has 1 heterocycles. The first-order valence-corrected chi connectivity index (χ1v) is 4.10. The summed E-state index contributed by atoms with van der Waals surface area (Å²) in [6.07, 6.45) is 2.48. The number of hydrogen-bond acceptors (Lipinski definition) is 4. The standard InChI is InChI=1S/C6H11N5S/c1-11-6(8-9-10-11)4-2-3-5(7)12/h2-4H2,1H3,(H2,7,12). The smallest absolute Gasteiger partial charge is 0.150 e. The Morgan fingerprint density at radius 3 is 2.92 bits per heavy atom. The van der Waals surface area contributed by atoms with Crippen LogP contribution in [0.3, 0.4) is 0 Å². The van der Waals surface area contributed by atoms with E-state index in [0.717, 1.165) is 25.1 Å². The second-order valence-electron chi connectivity index (χ2n) is 2.54. The molecule has 0 radical (unpaired) electrons. The Morgan fingerprint density at radius 1 is 1.67 bits per heavy atom. The topological polar surface area (TPSA) is 69.6 Å². The molecule has 2 N–H and O–H groups in total. The summed E-state index contributed by atoms with van der Waals surface area (Å²) in [5.74, 6) is 0.867. The van der Waals surface area contributed by atoms with Gasteiger partial charge in [0.1, 0.15) is 0 Å². The van der Waals surface area contributed by atoms with Crippen molar-refractivity contribution in [2.45, 2.75) is 19.3 Å². The van der Waals surface area contributed by atoms with E-state index in [9.17, 15) is 0 Å². The first kappa shape index (κ1) is 9.05. The lowest BCUT2D eigenvalue weighted by Crippen LogP contribution is -2.08. The van der Waals surface area contributed by atoms with Crippen LogP contribution in [0, 0.1) is 0 Å². The number of nitrogens with zero attached hydrogens (tertiary/aromatic N) is 4. The molecule has 0 aliphatic heterocycles. The number of nitrogens with two attached hydrogens (primary N) is 1. The number of tetrazole rings is 1. The van der Waals surface area contributed by atoms with Crippen LogP contribution in [0.25, 0.3) is 0 Å². The third kappa shape index (κ3) is 2.54. The fraction of sp³-hybridized carbons (Fsp3) is 0.667. The van der Waals surface area contributed by atoms with E-state index in [1.165, 1.54) is 0 Å². The van der Waals surface area contributed by atoms with Gasteiger partial charge in [-0.15, -0.1) is 5.10 Å². The van der Waals surface area contributed by atoms with Crippen LogP contribution >= 0.6 is 12.2 Å². The highest BCUT2D eigenvalue weighted by molar-refractivity contribution is 7.80. The normalized spacial score (nSPS) is 10.1. The van der Waals surface area contributed by atoms with Crippen molar-refractivity contribution in [2.75, 3.05) is 0 Å². The predicted octanol–water partition coefficient (Wildman–Crippen LogP) is -0.181. The van der Waals surface area contributed by atoms with Crippen LogP contribution in [0.5, 0.6) is 0 Å². The van der Waals surface area contributed by atoms with Gasteiger partial charge in [0.2, 0.25) is 0 Å². The molecular weight excluding hydrogens is 174 g/mol. The lowest BCUT2D eigenvalue weighted by Gasteiger charge is -1.97. The second kappa shape index (κ2) is 4.10. The molecule has 0 bridgehead atoms. The summed E-state index contributed by atoms with van der Waals surface area (Å²) in [5, 5.41) is 11.1. The molecule has 0 saturated heterocycles. The van der Waals surface area contributed by atoms with Crippen LogP contribution in [0.1, 0.15) is 18.7 Å². The molecule has 0 atom stereocenters. The molecule has 12 heavy (non-hydrogen) atoms. The number of thiocarbonyl (C=S) groups is 1. The molecule has 5 nitrogen and oxygen atoms in total. The van der Waals surface area contributed by atoms with Crippen molar-refractivity contribution in [1.82, 2.24) is 20.2 Å². The van der Waals surface area contributed by atoms with Crippen LogP contribution < -0.4 is 5.73 Å². The Bertz CT molecular complexity index is 269. The number of aryl methyl sites for hydroxylation is 2. The van der Waals surface area contributed by atoms with Gasteiger partial charge in [0.15, 0.2) is 5.82 Å². The summed E-state index contributed by atoms with van der Waals surface area (Å²) in [6, 6.07) is 0. The Labute approximate surface area is 75.9 Å². The van der Waals surface area contributed by atoms with E-state index in [1.54, 1.807) is 4.68 Å². The van der Waals surface area contributed by atoms with Gasteiger partial charge < -0.3 is 5.73 Å². The van der Waals surface area contributed by atoms with E-state index in [1.807, 2.05) is 7.05 Å². The van der Waals surface area contributed by atoms with Gasteiger partial charge in [0.25, 0.3) is 0 Å². The van der Waals surface area contributed by atoms with Gasteiger partial charge in [-0.1, -0.05) is 12.2 Å². The molecule has 1 rings (SSSR count). The third-order valence-corrected chi connectivity index (χ3v) is 1.74. The van der Waals surface area contributed by atoms with Crippen LogP contribution in [0.15, 0.2) is 0 Å². The van der Waals surface area contributed by atoms with Gasteiger partial charge in [-0.3, -0.25) is 0 Å². The van der Waals surface area contributed by atoms with E-state index in [0.29, 0.717) is 4.99 Å². The maximum atomic E-state index is 5.34. The predicted molar refractivity (Wildman–Crippen MR) is 48.5 cm³/mol. The van der Waals surface area contributed by atoms with Gasteiger partial charge in [-0.2, -0.15) is 0 Å². The van der Waals surface area contributed by atoms with E-state index in [4.69, 9.17) is 18.0 Å². The summed E-state index contributed by atoms with van der Waals surface area (Å²) in [7, 11) is 1.82. The lowest BCUT2D eigenvalue weighted by atomic mass is 10.2. The number of hydrogen-bond donors (Lipinski definition) is 1. The molecule has 6 heteroatoms. The second-order valence-corrected chi connectivity index (χ2v) is 3.06. The summed E-state index contributed by atoms with van der Waals surface area (Å²) in [5.41, 5.74) is 5.34. The highest BCUT2D eigenvalue weighted by Gasteiger charge is 2.01. The molecule has 0 unspecified atom stereocenters. The molecule has 1 aromatic rings. The minimum atomic E-state index is 0.546. The van der Waals surface area contributed by atoms with E-state index in [2.05, 4.69) is 15.5 Å². The van der Waals surface area contributed by atoms with Gasteiger partial charge >= 0.3 is 0 Å².